The zero-order valence-corrected chi connectivity index (χ0v) is 19.0. The van der Waals surface area contributed by atoms with Gasteiger partial charge in [-0.2, -0.15) is 0 Å². The molecular formula is C25H16Cl2N2O2S. The number of anilines is 1. The van der Waals surface area contributed by atoms with Crippen LogP contribution in [0.4, 0.5) is 5.69 Å². The SMILES string of the molecule is O=C(Nc1c(Cl)cncc1Cl)c1ccc(OCc2ccccc2)c2sc3ccccc3c12. The van der Waals surface area contributed by atoms with Crippen molar-refractivity contribution in [2.45, 2.75) is 6.61 Å². The molecule has 1 amide bonds. The summed E-state index contributed by atoms with van der Waals surface area (Å²) in [6.45, 7) is 0.442. The number of nitrogens with zero attached hydrogens (tertiary/aromatic N) is 1. The van der Waals surface area contributed by atoms with Crippen LogP contribution in [-0.2, 0) is 6.61 Å². The zero-order chi connectivity index (χ0) is 22.1. The van der Waals surface area contributed by atoms with Gasteiger partial charge in [0.05, 0.1) is 20.4 Å². The van der Waals surface area contributed by atoms with Crippen LogP contribution in [0.2, 0.25) is 10.0 Å². The van der Waals surface area contributed by atoms with E-state index in [2.05, 4.69) is 10.3 Å². The van der Waals surface area contributed by atoms with E-state index in [1.54, 1.807) is 17.4 Å². The number of halogens is 2. The number of nitrogens with one attached hydrogen (secondary N) is 1. The molecule has 7 heteroatoms. The molecule has 2 heterocycles. The summed E-state index contributed by atoms with van der Waals surface area (Å²) in [7, 11) is 0. The molecule has 5 aromatic rings. The van der Waals surface area contributed by atoms with Crippen molar-refractivity contribution in [3.63, 3.8) is 0 Å². The van der Waals surface area contributed by atoms with Crippen molar-refractivity contribution < 1.29 is 9.53 Å². The first-order valence-corrected chi connectivity index (χ1v) is 11.4. The first kappa shape index (κ1) is 20.8. The van der Waals surface area contributed by atoms with Crippen LogP contribution in [0.3, 0.4) is 0 Å². The van der Waals surface area contributed by atoms with Gasteiger partial charge < -0.3 is 10.1 Å². The summed E-state index contributed by atoms with van der Waals surface area (Å²) in [5.74, 6) is 0.435. The largest absolute Gasteiger partial charge is 0.487 e. The summed E-state index contributed by atoms with van der Waals surface area (Å²) in [6, 6.07) is 21.6. The van der Waals surface area contributed by atoms with Gasteiger partial charge in [0, 0.05) is 33.4 Å². The molecule has 0 spiro atoms. The molecule has 0 bridgehead atoms. The molecule has 4 nitrogen and oxygen atoms in total. The molecule has 5 rings (SSSR count). The number of carbonyl (C=O) groups is 1. The molecule has 0 saturated carbocycles. The topological polar surface area (TPSA) is 51.2 Å². The first-order valence-electron chi connectivity index (χ1n) is 9.83. The van der Waals surface area contributed by atoms with Gasteiger partial charge in [-0.3, -0.25) is 9.78 Å². The number of ether oxygens (including phenoxy) is 1. The fraction of sp³-hybridized carbons (Fsp3) is 0.0400. The highest BCUT2D eigenvalue weighted by Gasteiger charge is 2.20. The van der Waals surface area contributed by atoms with Gasteiger partial charge >= 0.3 is 0 Å². The maximum absolute atomic E-state index is 13.3. The van der Waals surface area contributed by atoms with Crippen LogP contribution in [0.1, 0.15) is 15.9 Å². The highest BCUT2D eigenvalue weighted by Crippen LogP contribution is 2.42. The quantitative estimate of drug-likeness (QED) is 0.283. The van der Waals surface area contributed by atoms with Gasteiger partial charge in [0.1, 0.15) is 12.4 Å². The number of fused-ring (bicyclic) bond motifs is 3. The molecule has 158 valence electrons. The van der Waals surface area contributed by atoms with Crippen LogP contribution in [0.25, 0.3) is 20.2 Å². The number of carbonyl (C=O) groups excluding carboxylic acids is 1. The van der Waals surface area contributed by atoms with E-state index in [1.165, 1.54) is 12.4 Å². The fourth-order valence-electron chi connectivity index (χ4n) is 3.55. The third kappa shape index (κ3) is 3.91. The molecule has 0 unspecified atom stereocenters. The zero-order valence-electron chi connectivity index (χ0n) is 16.6. The third-order valence-electron chi connectivity index (χ3n) is 5.06. The van der Waals surface area contributed by atoms with E-state index in [1.807, 2.05) is 60.7 Å². The van der Waals surface area contributed by atoms with Crippen LogP contribution in [0.5, 0.6) is 5.75 Å². The van der Waals surface area contributed by atoms with Gasteiger partial charge in [-0.25, -0.2) is 0 Å². The Balaban J connectivity index is 1.58. The minimum absolute atomic E-state index is 0.278. The Morgan fingerprint density at radius 3 is 2.44 bits per heavy atom. The standard InChI is InChI=1S/C25H16Cl2N2O2S/c26-18-12-28-13-19(27)23(18)29-25(30)17-10-11-20(31-14-15-6-2-1-3-7-15)24-22(17)16-8-4-5-9-21(16)32-24/h1-13H,14H2,(H,28,29,30). The molecule has 2 aromatic heterocycles. The maximum Gasteiger partial charge on any atom is 0.256 e. The van der Waals surface area contributed by atoms with Crippen LogP contribution in [-0.4, -0.2) is 10.9 Å². The van der Waals surface area contributed by atoms with E-state index in [4.69, 9.17) is 27.9 Å². The summed E-state index contributed by atoms with van der Waals surface area (Å²) < 4.78 is 8.15. The molecule has 1 N–H and O–H groups in total. The Morgan fingerprint density at radius 1 is 0.938 bits per heavy atom. The number of hydrogen-bond acceptors (Lipinski definition) is 4. The highest BCUT2D eigenvalue weighted by atomic mass is 35.5. The van der Waals surface area contributed by atoms with Gasteiger partial charge in [-0.05, 0) is 23.8 Å². The molecule has 0 fully saturated rings. The van der Waals surface area contributed by atoms with Gasteiger partial charge in [0.15, 0.2) is 0 Å². The van der Waals surface area contributed by atoms with Crippen LogP contribution in [0.15, 0.2) is 79.1 Å². The van der Waals surface area contributed by atoms with Crippen LogP contribution in [0, 0.1) is 0 Å². The highest BCUT2D eigenvalue weighted by molar-refractivity contribution is 7.26. The van der Waals surface area contributed by atoms with E-state index >= 15 is 0 Å². The van der Waals surface area contributed by atoms with E-state index in [-0.39, 0.29) is 16.0 Å². The normalized spacial score (nSPS) is 11.1. The predicted octanol–water partition coefficient (Wildman–Crippen LogP) is 7.59. The van der Waals surface area contributed by atoms with E-state index < -0.39 is 0 Å². The monoisotopic (exact) mass is 478 g/mol. The molecule has 0 saturated heterocycles. The summed E-state index contributed by atoms with van der Waals surface area (Å²) in [5.41, 5.74) is 1.93. The van der Waals surface area contributed by atoms with Gasteiger partial charge in [0.25, 0.3) is 5.91 Å². The van der Waals surface area contributed by atoms with E-state index in [9.17, 15) is 4.79 Å². The predicted molar refractivity (Wildman–Crippen MR) is 132 cm³/mol. The summed E-state index contributed by atoms with van der Waals surface area (Å²) >= 11 is 14.0. The Hall–Kier alpha value is -3.12. The lowest BCUT2D eigenvalue weighted by molar-refractivity contribution is 0.102. The molecule has 0 radical (unpaired) electrons. The number of thiophene rings is 1. The lowest BCUT2D eigenvalue weighted by Crippen LogP contribution is -2.13. The lowest BCUT2D eigenvalue weighted by atomic mass is 10.0. The van der Waals surface area contributed by atoms with Crippen LogP contribution >= 0.6 is 34.5 Å². The maximum atomic E-state index is 13.3. The molecule has 0 atom stereocenters. The number of amides is 1. The van der Waals surface area contributed by atoms with Gasteiger partial charge in [-0.1, -0.05) is 71.7 Å². The third-order valence-corrected chi connectivity index (χ3v) is 6.82. The molecule has 0 aliphatic rings. The molecule has 32 heavy (non-hydrogen) atoms. The average molecular weight is 479 g/mol. The van der Waals surface area contributed by atoms with Crippen molar-refractivity contribution in [2.24, 2.45) is 0 Å². The summed E-state index contributed by atoms with van der Waals surface area (Å²) in [4.78, 5) is 17.2. The minimum Gasteiger partial charge on any atom is -0.487 e. The number of pyridine rings is 1. The molecule has 0 aliphatic carbocycles. The summed E-state index contributed by atoms with van der Waals surface area (Å²) in [5, 5.41) is 5.23. The van der Waals surface area contributed by atoms with E-state index in [0.29, 0.717) is 17.9 Å². The number of rotatable bonds is 5. The lowest BCUT2D eigenvalue weighted by Gasteiger charge is -2.12. The smallest absolute Gasteiger partial charge is 0.256 e. The average Bonchev–Trinajstić information content (AvgIpc) is 3.20. The van der Waals surface area contributed by atoms with Crippen molar-refractivity contribution in [1.29, 1.82) is 0 Å². The van der Waals surface area contributed by atoms with E-state index in [0.717, 1.165) is 31.5 Å². The Bertz CT molecular complexity index is 1430. The first-order chi connectivity index (χ1) is 15.6. The van der Waals surface area contributed by atoms with Crippen molar-refractivity contribution in [1.82, 2.24) is 4.98 Å². The Morgan fingerprint density at radius 2 is 1.66 bits per heavy atom. The number of hydrogen-bond donors (Lipinski definition) is 1. The van der Waals surface area contributed by atoms with Crippen molar-refractivity contribution in [2.75, 3.05) is 5.32 Å². The Labute approximate surface area is 198 Å². The Kier molecular flexibility index (Phi) is 5.70. The second-order valence-corrected chi connectivity index (χ2v) is 8.99. The van der Waals surface area contributed by atoms with Gasteiger partial charge in [-0.15, -0.1) is 11.3 Å². The number of benzene rings is 3. The van der Waals surface area contributed by atoms with Crippen molar-refractivity contribution in [3.8, 4) is 5.75 Å². The van der Waals surface area contributed by atoms with Crippen molar-refractivity contribution in [3.05, 3.63) is 100 Å². The summed E-state index contributed by atoms with van der Waals surface area (Å²) in [6.07, 6.45) is 2.89. The molecule has 0 aliphatic heterocycles. The minimum atomic E-state index is -0.303. The molecular weight excluding hydrogens is 463 g/mol. The second kappa shape index (κ2) is 8.79. The van der Waals surface area contributed by atoms with Crippen molar-refractivity contribution >= 4 is 66.3 Å². The second-order valence-electron chi connectivity index (χ2n) is 7.12. The van der Waals surface area contributed by atoms with Crippen LogP contribution < -0.4 is 10.1 Å². The number of aromatic nitrogens is 1. The molecule has 3 aromatic carbocycles. The fourth-order valence-corrected chi connectivity index (χ4v) is 5.21. The van der Waals surface area contributed by atoms with Gasteiger partial charge in [0.2, 0.25) is 0 Å².